The van der Waals surface area contributed by atoms with E-state index in [2.05, 4.69) is 39.1 Å². The van der Waals surface area contributed by atoms with Crippen molar-refractivity contribution in [2.75, 3.05) is 26.0 Å². The number of carbonyl (C=O) groups excluding carboxylic acids is 1. The second-order valence-electron chi connectivity index (χ2n) is 5.61. The summed E-state index contributed by atoms with van der Waals surface area (Å²) >= 11 is 1.43. The van der Waals surface area contributed by atoms with Gasteiger partial charge in [-0.05, 0) is 25.3 Å². The number of hydrogen-bond acceptors (Lipinski definition) is 5. The summed E-state index contributed by atoms with van der Waals surface area (Å²) in [7, 11) is 1.66. The largest absolute Gasteiger partial charge is 0.385 e. The number of benzene rings is 1. The second-order valence-corrected chi connectivity index (χ2v) is 6.56. The smallest absolute Gasteiger partial charge is 0.230 e. The van der Waals surface area contributed by atoms with E-state index in [9.17, 15) is 4.79 Å². The molecule has 0 bridgehead atoms. The molecule has 1 N–H and O–H groups in total. The van der Waals surface area contributed by atoms with E-state index in [0.717, 1.165) is 36.8 Å². The fraction of sp³-hybridized carbons (Fsp3) is 0.500. The van der Waals surface area contributed by atoms with Crippen LogP contribution in [0.15, 0.2) is 35.5 Å². The van der Waals surface area contributed by atoms with Crippen LogP contribution in [0, 0.1) is 0 Å². The third-order valence-electron chi connectivity index (χ3n) is 3.77. The Labute approximate surface area is 153 Å². The number of nitrogens with zero attached hydrogens (tertiary/aromatic N) is 3. The van der Waals surface area contributed by atoms with Gasteiger partial charge in [0.25, 0.3) is 0 Å². The van der Waals surface area contributed by atoms with E-state index in [1.807, 2.05) is 18.2 Å². The van der Waals surface area contributed by atoms with Crippen LogP contribution in [-0.2, 0) is 28.9 Å². The molecular formula is C18H26N4O2S. The molecule has 0 spiro atoms. The fourth-order valence-corrected chi connectivity index (χ4v) is 3.31. The highest BCUT2D eigenvalue weighted by molar-refractivity contribution is 7.99. The van der Waals surface area contributed by atoms with Gasteiger partial charge in [-0.1, -0.05) is 42.1 Å². The Morgan fingerprint density at radius 2 is 2.04 bits per heavy atom. The van der Waals surface area contributed by atoms with Crippen molar-refractivity contribution in [3.05, 3.63) is 41.7 Å². The van der Waals surface area contributed by atoms with Crippen molar-refractivity contribution in [2.45, 2.75) is 37.9 Å². The number of amides is 1. The minimum atomic E-state index is 0.0117. The van der Waals surface area contributed by atoms with E-state index in [4.69, 9.17) is 4.74 Å². The summed E-state index contributed by atoms with van der Waals surface area (Å²) in [5.74, 6) is 1.33. The SMILES string of the molecule is CCn1c(CCc2ccccc2)nnc1SCC(=O)NCCCOC. The summed E-state index contributed by atoms with van der Waals surface area (Å²) in [6, 6.07) is 10.4. The molecule has 2 aromatic rings. The molecule has 0 fully saturated rings. The van der Waals surface area contributed by atoms with Crippen LogP contribution in [0.25, 0.3) is 0 Å². The Morgan fingerprint density at radius 1 is 1.24 bits per heavy atom. The van der Waals surface area contributed by atoms with Crippen LogP contribution >= 0.6 is 11.8 Å². The van der Waals surface area contributed by atoms with Gasteiger partial charge < -0.3 is 14.6 Å². The lowest BCUT2D eigenvalue weighted by Gasteiger charge is -2.08. The molecule has 0 unspecified atom stereocenters. The predicted molar refractivity (Wildman–Crippen MR) is 99.8 cm³/mol. The molecule has 0 aliphatic rings. The number of methoxy groups -OCH3 is 1. The van der Waals surface area contributed by atoms with Gasteiger partial charge >= 0.3 is 0 Å². The lowest BCUT2D eigenvalue weighted by Crippen LogP contribution is -2.27. The summed E-state index contributed by atoms with van der Waals surface area (Å²) in [6.45, 7) is 4.16. The van der Waals surface area contributed by atoms with E-state index >= 15 is 0 Å². The zero-order valence-corrected chi connectivity index (χ0v) is 15.7. The average molecular weight is 362 g/mol. The zero-order chi connectivity index (χ0) is 17.9. The summed E-state index contributed by atoms with van der Waals surface area (Å²) in [4.78, 5) is 11.9. The van der Waals surface area contributed by atoms with Gasteiger partial charge in [0.2, 0.25) is 5.91 Å². The molecule has 7 heteroatoms. The number of hydrogen-bond donors (Lipinski definition) is 1. The van der Waals surface area contributed by atoms with Crippen LogP contribution in [-0.4, -0.2) is 46.7 Å². The molecule has 25 heavy (non-hydrogen) atoms. The zero-order valence-electron chi connectivity index (χ0n) is 14.9. The van der Waals surface area contributed by atoms with Crippen molar-refractivity contribution in [1.29, 1.82) is 0 Å². The molecule has 6 nitrogen and oxygen atoms in total. The highest BCUT2D eigenvalue weighted by Gasteiger charge is 2.13. The summed E-state index contributed by atoms with van der Waals surface area (Å²) in [5, 5.41) is 12.3. The lowest BCUT2D eigenvalue weighted by molar-refractivity contribution is -0.118. The monoisotopic (exact) mass is 362 g/mol. The number of ether oxygens (including phenoxy) is 1. The van der Waals surface area contributed by atoms with Crippen LogP contribution in [0.4, 0.5) is 0 Å². The standard InChI is InChI=1S/C18H26N4O2S/c1-3-22-16(11-10-15-8-5-4-6-9-15)20-21-18(22)25-14-17(23)19-12-7-13-24-2/h4-6,8-9H,3,7,10-14H2,1-2H3,(H,19,23). The van der Waals surface area contributed by atoms with E-state index in [0.29, 0.717) is 18.9 Å². The molecule has 1 amide bonds. The van der Waals surface area contributed by atoms with Crippen molar-refractivity contribution in [3.8, 4) is 0 Å². The minimum absolute atomic E-state index is 0.0117. The molecule has 0 atom stereocenters. The van der Waals surface area contributed by atoms with Crippen molar-refractivity contribution in [3.63, 3.8) is 0 Å². The van der Waals surface area contributed by atoms with Gasteiger partial charge in [0.05, 0.1) is 5.75 Å². The van der Waals surface area contributed by atoms with Gasteiger partial charge in [-0.25, -0.2) is 0 Å². The van der Waals surface area contributed by atoms with Crippen LogP contribution < -0.4 is 5.32 Å². The van der Waals surface area contributed by atoms with Crippen molar-refractivity contribution >= 4 is 17.7 Å². The normalized spacial score (nSPS) is 10.8. The third kappa shape index (κ3) is 6.51. The Kier molecular flexibility index (Phi) is 8.48. The lowest BCUT2D eigenvalue weighted by atomic mass is 10.1. The molecular weight excluding hydrogens is 336 g/mol. The molecule has 0 aliphatic carbocycles. The maximum absolute atomic E-state index is 11.9. The number of aryl methyl sites for hydroxylation is 2. The maximum Gasteiger partial charge on any atom is 0.230 e. The Bertz CT molecular complexity index is 646. The summed E-state index contributed by atoms with van der Waals surface area (Å²) < 4.78 is 7.05. The molecule has 1 aromatic carbocycles. The van der Waals surface area contributed by atoms with Crippen LogP contribution in [0.2, 0.25) is 0 Å². The summed E-state index contributed by atoms with van der Waals surface area (Å²) in [6.07, 6.45) is 2.60. The van der Waals surface area contributed by atoms with Gasteiger partial charge in [0, 0.05) is 33.2 Å². The van der Waals surface area contributed by atoms with Crippen LogP contribution in [0.3, 0.4) is 0 Å². The van der Waals surface area contributed by atoms with E-state index in [1.165, 1.54) is 17.3 Å². The minimum Gasteiger partial charge on any atom is -0.385 e. The molecule has 0 aliphatic heterocycles. The van der Waals surface area contributed by atoms with Crippen LogP contribution in [0.1, 0.15) is 24.7 Å². The fourth-order valence-electron chi connectivity index (χ4n) is 2.45. The van der Waals surface area contributed by atoms with E-state index in [1.54, 1.807) is 7.11 Å². The topological polar surface area (TPSA) is 69.0 Å². The number of rotatable bonds is 11. The molecule has 1 heterocycles. The molecule has 1 aromatic heterocycles. The number of aromatic nitrogens is 3. The Balaban J connectivity index is 1.83. The van der Waals surface area contributed by atoms with Gasteiger partial charge in [-0.15, -0.1) is 10.2 Å². The molecule has 2 rings (SSSR count). The first-order chi connectivity index (χ1) is 12.2. The number of carbonyl (C=O) groups is 1. The van der Waals surface area contributed by atoms with Gasteiger partial charge in [-0.2, -0.15) is 0 Å². The Hall–Kier alpha value is -1.86. The number of thioether (sulfide) groups is 1. The highest BCUT2D eigenvalue weighted by atomic mass is 32.2. The molecule has 0 saturated heterocycles. The molecule has 0 saturated carbocycles. The Morgan fingerprint density at radius 3 is 2.76 bits per heavy atom. The highest BCUT2D eigenvalue weighted by Crippen LogP contribution is 2.18. The second kappa shape index (κ2) is 10.9. The number of nitrogens with one attached hydrogen (secondary N) is 1. The van der Waals surface area contributed by atoms with Gasteiger partial charge in [-0.3, -0.25) is 4.79 Å². The first-order valence-electron chi connectivity index (χ1n) is 8.59. The maximum atomic E-state index is 11.9. The van der Waals surface area contributed by atoms with Crippen LogP contribution in [0.5, 0.6) is 0 Å². The summed E-state index contributed by atoms with van der Waals surface area (Å²) in [5.41, 5.74) is 1.29. The van der Waals surface area contributed by atoms with Gasteiger partial charge in [0.15, 0.2) is 5.16 Å². The van der Waals surface area contributed by atoms with Crippen molar-refractivity contribution < 1.29 is 9.53 Å². The van der Waals surface area contributed by atoms with E-state index in [-0.39, 0.29) is 5.91 Å². The van der Waals surface area contributed by atoms with Crippen molar-refractivity contribution in [2.24, 2.45) is 0 Å². The molecule has 0 radical (unpaired) electrons. The third-order valence-corrected chi connectivity index (χ3v) is 4.74. The first kappa shape index (κ1) is 19.5. The van der Waals surface area contributed by atoms with Gasteiger partial charge in [0.1, 0.15) is 5.82 Å². The average Bonchev–Trinajstić information content (AvgIpc) is 3.04. The first-order valence-corrected chi connectivity index (χ1v) is 9.57. The quantitative estimate of drug-likeness (QED) is 0.491. The predicted octanol–water partition coefficient (Wildman–Crippen LogP) is 2.33. The van der Waals surface area contributed by atoms with E-state index < -0.39 is 0 Å². The molecule has 136 valence electrons. The van der Waals surface area contributed by atoms with Crippen molar-refractivity contribution in [1.82, 2.24) is 20.1 Å².